The summed E-state index contributed by atoms with van der Waals surface area (Å²) in [5, 5.41) is 0. The van der Waals surface area contributed by atoms with Crippen molar-refractivity contribution in [1.29, 1.82) is 0 Å². The molecule has 120 valence electrons. The summed E-state index contributed by atoms with van der Waals surface area (Å²) < 4.78 is 5.67. The minimum atomic E-state index is 0.779. The molecule has 0 fully saturated rings. The summed E-state index contributed by atoms with van der Waals surface area (Å²) in [6.07, 6.45) is 13.8. The van der Waals surface area contributed by atoms with Crippen LogP contribution in [-0.4, -0.2) is 12.5 Å². The standard InChI is InChI=1S/C19H32OS/c1-2-3-4-5-6-7-8-9-10-14-17-20-18-21-19-15-12-11-13-16-19/h11-13,15-16H,2-10,14,17-18H2,1H3. The normalized spacial score (nSPS) is 10.9. The lowest BCUT2D eigenvalue weighted by Gasteiger charge is -2.04. The Bertz CT molecular complexity index is 313. The van der Waals surface area contributed by atoms with Gasteiger partial charge in [0.1, 0.15) is 0 Å². The highest BCUT2D eigenvalue weighted by Gasteiger charge is 1.94. The van der Waals surface area contributed by atoms with E-state index in [0.717, 1.165) is 12.5 Å². The first-order chi connectivity index (χ1) is 10.4. The summed E-state index contributed by atoms with van der Waals surface area (Å²) >= 11 is 1.78. The second kappa shape index (κ2) is 14.5. The molecule has 0 atom stereocenters. The van der Waals surface area contributed by atoms with E-state index in [2.05, 4.69) is 37.3 Å². The number of unbranched alkanes of at least 4 members (excludes halogenated alkanes) is 9. The molecule has 0 aliphatic carbocycles. The third-order valence-corrected chi connectivity index (χ3v) is 4.58. The van der Waals surface area contributed by atoms with Gasteiger partial charge in [0.25, 0.3) is 0 Å². The van der Waals surface area contributed by atoms with Crippen molar-refractivity contribution in [1.82, 2.24) is 0 Å². The van der Waals surface area contributed by atoms with Gasteiger partial charge in [0.15, 0.2) is 0 Å². The summed E-state index contributed by atoms with van der Waals surface area (Å²) in [5.41, 5.74) is 0. The van der Waals surface area contributed by atoms with Crippen molar-refractivity contribution in [2.24, 2.45) is 0 Å². The Morgan fingerprint density at radius 3 is 1.95 bits per heavy atom. The zero-order valence-electron chi connectivity index (χ0n) is 13.7. The number of rotatable bonds is 14. The Labute approximate surface area is 135 Å². The first-order valence-corrected chi connectivity index (χ1v) is 9.67. The fraction of sp³-hybridized carbons (Fsp3) is 0.684. The monoisotopic (exact) mass is 308 g/mol. The van der Waals surface area contributed by atoms with Crippen molar-refractivity contribution in [3.8, 4) is 0 Å². The Hall–Kier alpha value is -0.470. The van der Waals surface area contributed by atoms with Gasteiger partial charge in [-0.3, -0.25) is 0 Å². The van der Waals surface area contributed by atoms with Gasteiger partial charge in [-0.25, -0.2) is 0 Å². The molecular weight excluding hydrogens is 276 g/mol. The lowest BCUT2D eigenvalue weighted by molar-refractivity contribution is 0.177. The summed E-state index contributed by atoms with van der Waals surface area (Å²) in [6, 6.07) is 10.5. The summed E-state index contributed by atoms with van der Waals surface area (Å²) in [5.74, 6) is 0.779. The van der Waals surface area contributed by atoms with Gasteiger partial charge >= 0.3 is 0 Å². The van der Waals surface area contributed by atoms with Gasteiger partial charge in [0, 0.05) is 11.5 Å². The largest absolute Gasteiger partial charge is 0.370 e. The van der Waals surface area contributed by atoms with Crippen molar-refractivity contribution >= 4 is 11.8 Å². The van der Waals surface area contributed by atoms with E-state index in [-0.39, 0.29) is 0 Å². The number of thioether (sulfide) groups is 1. The highest BCUT2D eigenvalue weighted by molar-refractivity contribution is 7.99. The maximum atomic E-state index is 5.67. The molecule has 0 aliphatic heterocycles. The van der Waals surface area contributed by atoms with Crippen LogP contribution in [0.2, 0.25) is 0 Å². The topological polar surface area (TPSA) is 9.23 Å². The molecule has 0 spiro atoms. The van der Waals surface area contributed by atoms with E-state index in [1.54, 1.807) is 11.8 Å². The van der Waals surface area contributed by atoms with Gasteiger partial charge in [-0.2, -0.15) is 0 Å². The zero-order chi connectivity index (χ0) is 15.0. The first kappa shape index (κ1) is 18.6. The Balaban J connectivity index is 1.75. The third kappa shape index (κ3) is 11.8. The van der Waals surface area contributed by atoms with Gasteiger partial charge in [-0.15, -0.1) is 0 Å². The van der Waals surface area contributed by atoms with Crippen LogP contribution in [0.15, 0.2) is 35.2 Å². The molecule has 21 heavy (non-hydrogen) atoms. The second-order valence-electron chi connectivity index (χ2n) is 5.67. The van der Waals surface area contributed by atoms with Gasteiger partial charge in [-0.05, 0) is 18.6 Å². The van der Waals surface area contributed by atoms with Crippen LogP contribution in [-0.2, 0) is 4.74 Å². The minimum Gasteiger partial charge on any atom is -0.370 e. The molecule has 0 N–H and O–H groups in total. The molecule has 0 aromatic heterocycles. The van der Waals surface area contributed by atoms with E-state index in [1.165, 1.54) is 69.1 Å². The SMILES string of the molecule is CCCCCCCCCCCCOCSc1ccccc1. The quantitative estimate of drug-likeness (QED) is 0.215. The van der Waals surface area contributed by atoms with Crippen molar-refractivity contribution < 1.29 is 4.74 Å². The maximum absolute atomic E-state index is 5.67. The Morgan fingerprint density at radius 1 is 0.762 bits per heavy atom. The first-order valence-electron chi connectivity index (χ1n) is 8.69. The van der Waals surface area contributed by atoms with Crippen molar-refractivity contribution in [3.63, 3.8) is 0 Å². The van der Waals surface area contributed by atoms with Crippen LogP contribution in [0.4, 0.5) is 0 Å². The number of hydrogen-bond acceptors (Lipinski definition) is 2. The molecule has 1 rings (SSSR count). The fourth-order valence-electron chi connectivity index (χ4n) is 2.38. The lowest BCUT2D eigenvalue weighted by Crippen LogP contribution is -1.93. The van der Waals surface area contributed by atoms with Crippen LogP contribution in [0.5, 0.6) is 0 Å². The van der Waals surface area contributed by atoms with Gasteiger partial charge in [0.05, 0.1) is 5.94 Å². The molecule has 0 unspecified atom stereocenters. The second-order valence-corrected chi connectivity index (χ2v) is 6.66. The van der Waals surface area contributed by atoms with Crippen LogP contribution in [0.1, 0.15) is 71.1 Å². The summed E-state index contributed by atoms with van der Waals surface area (Å²) in [7, 11) is 0. The van der Waals surface area contributed by atoms with E-state index in [0.29, 0.717) is 0 Å². The Kier molecular flexibility index (Phi) is 12.8. The van der Waals surface area contributed by atoms with E-state index in [9.17, 15) is 0 Å². The van der Waals surface area contributed by atoms with Crippen LogP contribution >= 0.6 is 11.8 Å². The Morgan fingerprint density at radius 2 is 1.33 bits per heavy atom. The average Bonchev–Trinajstić information content (AvgIpc) is 2.53. The molecule has 1 aromatic rings. The van der Waals surface area contributed by atoms with Crippen LogP contribution in [0.25, 0.3) is 0 Å². The summed E-state index contributed by atoms with van der Waals surface area (Å²) in [6.45, 7) is 3.19. The van der Waals surface area contributed by atoms with Crippen molar-refractivity contribution in [2.75, 3.05) is 12.5 Å². The molecule has 0 bridgehead atoms. The number of hydrogen-bond donors (Lipinski definition) is 0. The van der Waals surface area contributed by atoms with Gasteiger partial charge < -0.3 is 4.74 Å². The highest BCUT2D eigenvalue weighted by Crippen LogP contribution is 2.17. The molecule has 0 saturated heterocycles. The zero-order valence-corrected chi connectivity index (χ0v) is 14.5. The van der Waals surface area contributed by atoms with E-state index in [4.69, 9.17) is 4.74 Å². The maximum Gasteiger partial charge on any atom is 0.0966 e. The number of benzene rings is 1. The van der Waals surface area contributed by atoms with Crippen molar-refractivity contribution in [2.45, 2.75) is 76.0 Å². The predicted octanol–water partition coefficient (Wildman–Crippen LogP) is 6.67. The molecule has 1 aromatic carbocycles. The molecule has 0 amide bonds. The van der Waals surface area contributed by atoms with E-state index < -0.39 is 0 Å². The van der Waals surface area contributed by atoms with Crippen LogP contribution in [0, 0.1) is 0 Å². The average molecular weight is 309 g/mol. The van der Waals surface area contributed by atoms with Crippen LogP contribution in [0.3, 0.4) is 0 Å². The van der Waals surface area contributed by atoms with Gasteiger partial charge in [-0.1, -0.05) is 94.7 Å². The molecule has 2 heteroatoms. The summed E-state index contributed by atoms with van der Waals surface area (Å²) in [4.78, 5) is 1.29. The van der Waals surface area contributed by atoms with Gasteiger partial charge in [0.2, 0.25) is 0 Å². The van der Waals surface area contributed by atoms with E-state index in [1.807, 2.05) is 0 Å². The number of ether oxygens (including phenoxy) is 1. The third-order valence-electron chi connectivity index (χ3n) is 3.69. The predicted molar refractivity (Wildman–Crippen MR) is 95.0 cm³/mol. The lowest BCUT2D eigenvalue weighted by atomic mass is 10.1. The van der Waals surface area contributed by atoms with Crippen molar-refractivity contribution in [3.05, 3.63) is 30.3 Å². The van der Waals surface area contributed by atoms with E-state index >= 15 is 0 Å². The molecule has 0 aliphatic rings. The molecule has 0 saturated carbocycles. The van der Waals surface area contributed by atoms with Crippen LogP contribution < -0.4 is 0 Å². The minimum absolute atomic E-state index is 0.779. The fourth-order valence-corrected chi connectivity index (χ4v) is 3.06. The molecule has 1 nitrogen and oxygen atoms in total. The molecule has 0 radical (unpaired) electrons. The molecular formula is C19H32OS. The smallest absolute Gasteiger partial charge is 0.0966 e. The molecule has 0 heterocycles. The highest BCUT2D eigenvalue weighted by atomic mass is 32.2.